The summed E-state index contributed by atoms with van der Waals surface area (Å²) in [6.07, 6.45) is 3.36. The van der Waals surface area contributed by atoms with Gasteiger partial charge in [0.1, 0.15) is 11.6 Å². The Hall–Kier alpha value is -3.28. The molecule has 1 aromatic carbocycles. The van der Waals surface area contributed by atoms with E-state index in [0.717, 1.165) is 41.3 Å². The largest absolute Gasteiger partial charge is 0.299 e. The van der Waals surface area contributed by atoms with Gasteiger partial charge in [-0.3, -0.25) is 19.5 Å². The number of aryl methyl sites for hydroxylation is 2. The second kappa shape index (κ2) is 8.39. The van der Waals surface area contributed by atoms with Gasteiger partial charge in [0.25, 0.3) is 0 Å². The monoisotopic (exact) mass is 388 g/mol. The molecule has 6 heteroatoms. The maximum atomic E-state index is 12.6. The molecule has 0 N–H and O–H groups in total. The molecule has 0 spiro atoms. The zero-order valence-corrected chi connectivity index (χ0v) is 16.5. The quantitative estimate of drug-likeness (QED) is 0.647. The van der Waals surface area contributed by atoms with E-state index in [4.69, 9.17) is 0 Å². The Morgan fingerprint density at radius 2 is 1.83 bits per heavy atom. The number of hydrogen-bond acceptors (Lipinski definition) is 4. The van der Waals surface area contributed by atoms with Crippen molar-refractivity contribution in [1.82, 2.24) is 14.8 Å². The van der Waals surface area contributed by atoms with Crippen molar-refractivity contribution in [3.05, 3.63) is 66.1 Å². The number of anilines is 1. The third-order valence-electron chi connectivity index (χ3n) is 5.14. The van der Waals surface area contributed by atoms with Crippen LogP contribution in [0.1, 0.15) is 30.7 Å². The number of hydrogen-bond donors (Lipinski definition) is 0. The molecule has 29 heavy (non-hydrogen) atoms. The van der Waals surface area contributed by atoms with Crippen LogP contribution in [0.4, 0.5) is 5.82 Å². The van der Waals surface area contributed by atoms with E-state index in [2.05, 4.69) is 10.1 Å². The molecule has 0 saturated carbocycles. The molecule has 1 amide bonds. The van der Waals surface area contributed by atoms with Crippen LogP contribution in [0.5, 0.6) is 0 Å². The van der Waals surface area contributed by atoms with Crippen molar-refractivity contribution >= 4 is 17.5 Å². The molecular formula is C23H24N4O2. The van der Waals surface area contributed by atoms with E-state index in [1.807, 2.05) is 60.1 Å². The molecule has 3 aromatic rings. The van der Waals surface area contributed by atoms with Crippen molar-refractivity contribution in [3.8, 4) is 11.1 Å². The fraction of sp³-hybridized carbons (Fsp3) is 0.304. The van der Waals surface area contributed by atoms with Crippen molar-refractivity contribution in [3.63, 3.8) is 0 Å². The molecule has 0 saturated heterocycles. The summed E-state index contributed by atoms with van der Waals surface area (Å²) >= 11 is 0. The lowest BCUT2D eigenvalue weighted by Crippen LogP contribution is -2.37. The van der Waals surface area contributed by atoms with Gasteiger partial charge in [0, 0.05) is 55.9 Å². The van der Waals surface area contributed by atoms with E-state index in [0.29, 0.717) is 6.54 Å². The second-order valence-electron chi connectivity index (χ2n) is 7.39. The minimum absolute atomic E-state index is 0.0217. The summed E-state index contributed by atoms with van der Waals surface area (Å²) in [6.45, 7) is 3.44. The van der Waals surface area contributed by atoms with E-state index < -0.39 is 0 Å². The second-order valence-corrected chi connectivity index (χ2v) is 7.39. The van der Waals surface area contributed by atoms with Gasteiger partial charge in [0.15, 0.2) is 0 Å². The van der Waals surface area contributed by atoms with Crippen molar-refractivity contribution < 1.29 is 9.59 Å². The Morgan fingerprint density at radius 3 is 2.59 bits per heavy atom. The van der Waals surface area contributed by atoms with Crippen LogP contribution in [0.25, 0.3) is 11.1 Å². The number of amides is 1. The van der Waals surface area contributed by atoms with Crippen LogP contribution in [0.2, 0.25) is 0 Å². The third kappa shape index (κ3) is 4.42. The molecule has 2 aromatic heterocycles. The van der Waals surface area contributed by atoms with Crippen LogP contribution >= 0.6 is 0 Å². The molecule has 0 fully saturated rings. The Bertz CT molecular complexity index is 1010. The number of carbonyl (C=O) groups is 2. The molecule has 0 bridgehead atoms. The molecule has 0 radical (unpaired) electrons. The first-order valence-electron chi connectivity index (χ1n) is 9.97. The average Bonchev–Trinajstić information content (AvgIpc) is 3.13. The van der Waals surface area contributed by atoms with Crippen LogP contribution in [0.3, 0.4) is 0 Å². The van der Waals surface area contributed by atoms with Crippen LogP contribution in [-0.4, -0.2) is 33.0 Å². The fourth-order valence-electron chi connectivity index (χ4n) is 3.66. The SMILES string of the molecule is Cc1cc2n(n1)CCCN2C(=O)CCC(=O)Cc1ccc(-c2ccccc2)cn1. The van der Waals surface area contributed by atoms with Crippen molar-refractivity contribution in [2.24, 2.45) is 0 Å². The topological polar surface area (TPSA) is 68.1 Å². The molecule has 148 valence electrons. The highest BCUT2D eigenvalue weighted by Crippen LogP contribution is 2.23. The lowest BCUT2D eigenvalue weighted by Gasteiger charge is -2.27. The molecule has 0 aliphatic carbocycles. The van der Waals surface area contributed by atoms with Gasteiger partial charge in [-0.2, -0.15) is 5.10 Å². The number of rotatable bonds is 6. The molecular weight excluding hydrogens is 364 g/mol. The molecule has 0 atom stereocenters. The summed E-state index contributed by atoms with van der Waals surface area (Å²) in [7, 11) is 0. The highest BCUT2D eigenvalue weighted by molar-refractivity contribution is 5.95. The summed E-state index contributed by atoms with van der Waals surface area (Å²) in [4.78, 5) is 31.2. The summed E-state index contributed by atoms with van der Waals surface area (Å²) in [6, 6.07) is 15.8. The number of aromatic nitrogens is 3. The van der Waals surface area contributed by atoms with Gasteiger partial charge < -0.3 is 0 Å². The Kier molecular flexibility index (Phi) is 5.51. The number of carbonyl (C=O) groups excluding carboxylic acids is 2. The first-order chi connectivity index (χ1) is 14.1. The van der Waals surface area contributed by atoms with E-state index >= 15 is 0 Å². The molecule has 3 heterocycles. The van der Waals surface area contributed by atoms with Crippen molar-refractivity contribution in [2.45, 2.75) is 39.2 Å². The number of nitrogens with zero attached hydrogens (tertiary/aromatic N) is 4. The maximum absolute atomic E-state index is 12.6. The first kappa shape index (κ1) is 19.1. The molecule has 0 unspecified atom stereocenters. The lowest BCUT2D eigenvalue weighted by molar-refractivity contribution is -0.123. The minimum Gasteiger partial charge on any atom is -0.299 e. The van der Waals surface area contributed by atoms with Gasteiger partial charge >= 0.3 is 0 Å². The number of pyridine rings is 1. The number of benzene rings is 1. The highest BCUT2D eigenvalue weighted by atomic mass is 16.2. The van der Waals surface area contributed by atoms with E-state index in [1.165, 1.54) is 0 Å². The Morgan fingerprint density at radius 1 is 1.00 bits per heavy atom. The Balaban J connectivity index is 1.32. The van der Waals surface area contributed by atoms with Gasteiger partial charge in [0.2, 0.25) is 5.91 Å². The third-order valence-corrected chi connectivity index (χ3v) is 5.14. The predicted octanol–water partition coefficient (Wildman–Crippen LogP) is 3.58. The molecule has 1 aliphatic rings. The predicted molar refractivity (Wildman–Crippen MR) is 112 cm³/mol. The summed E-state index contributed by atoms with van der Waals surface area (Å²) in [5.74, 6) is 0.843. The summed E-state index contributed by atoms with van der Waals surface area (Å²) in [5.41, 5.74) is 3.75. The number of Topliss-reactive ketones (excluding diaryl/α,β-unsaturated/α-hetero) is 1. The highest BCUT2D eigenvalue weighted by Gasteiger charge is 2.24. The van der Waals surface area contributed by atoms with Crippen molar-refractivity contribution in [2.75, 3.05) is 11.4 Å². The summed E-state index contributed by atoms with van der Waals surface area (Å²) in [5, 5.41) is 4.41. The molecule has 6 nitrogen and oxygen atoms in total. The van der Waals surface area contributed by atoms with E-state index in [-0.39, 0.29) is 31.0 Å². The van der Waals surface area contributed by atoms with Gasteiger partial charge in [-0.05, 0) is 25.0 Å². The number of fused-ring (bicyclic) bond motifs is 1. The van der Waals surface area contributed by atoms with Crippen LogP contribution in [-0.2, 0) is 22.6 Å². The van der Waals surface area contributed by atoms with Gasteiger partial charge in [0.05, 0.1) is 5.69 Å². The van der Waals surface area contributed by atoms with Crippen molar-refractivity contribution in [1.29, 1.82) is 0 Å². The summed E-state index contributed by atoms with van der Waals surface area (Å²) < 4.78 is 1.87. The van der Waals surface area contributed by atoms with Crippen LogP contribution in [0, 0.1) is 6.92 Å². The molecule has 4 rings (SSSR count). The van der Waals surface area contributed by atoms with Crippen LogP contribution in [0.15, 0.2) is 54.7 Å². The Labute approximate surface area is 170 Å². The minimum atomic E-state index is -0.0217. The zero-order valence-electron chi connectivity index (χ0n) is 16.5. The first-order valence-corrected chi connectivity index (χ1v) is 9.97. The average molecular weight is 388 g/mol. The lowest BCUT2D eigenvalue weighted by atomic mass is 10.1. The number of ketones is 1. The maximum Gasteiger partial charge on any atom is 0.228 e. The van der Waals surface area contributed by atoms with Gasteiger partial charge in [-0.25, -0.2) is 4.68 Å². The normalized spacial score (nSPS) is 13.2. The standard InChI is InChI=1S/C23H24N4O2/c1-17-14-22-26(12-5-13-27(22)25-17)23(29)11-10-21(28)15-20-9-8-19(16-24-20)18-6-3-2-4-7-18/h2-4,6-9,14,16H,5,10-13,15H2,1H3. The van der Waals surface area contributed by atoms with E-state index in [1.54, 1.807) is 11.1 Å². The zero-order chi connectivity index (χ0) is 20.2. The van der Waals surface area contributed by atoms with E-state index in [9.17, 15) is 9.59 Å². The van der Waals surface area contributed by atoms with Crippen LogP contribution < -0.4 is 4.90 Å². The fourth-order valence-corrected chi connectivity index (χ4v) is 3.66. The molecule has 1 aliphatic heterocycles. The smallest absolute Gasteiger partial charge is 0.228 e. The van der Waals surface area contributed by atoms with Gasteiger partial charge in [-0.15, -0.1) is 0 Å². The van der Waals surface area contributed by atoms with Gasteiger partial charge in [-0.1, -0.05) is 36.4 Å².